The minimum absolute atomic E-state index is 0.0388. The van der Waals surface area contributed by atoms with E-state index in [1.807, 2.05) is 30.3 Å². The first-order valence-electron chi connectivity index (χ1n) is 8.08. The molecule has 0 saturated heterocycles. The maximum Gasteiger partial charge on any atom is 0.229 e. The average Bonchev–Trinajstić information content (AvgIpc) is 3.20. The van der Waals surface area contributed by atoms with Crippen LogP contribution in [0.1, 0.15) is 36.9 Å². The minimum atomic E-state index is -0.756. The minimum Gasteiger partial charge on any atom is -0.388 e. The second kappa shape index (κ2) is 6.96. The third-order valence-corrected chi connectivity index (χ3v) is 4.41. The zero-order valence-electron chi connectivity index (χ0n) is 13.1. The standard InChI is InChI=1S/C18H22N2O3/c21-17(12-16-8-11-23-19-16)20(13-15-6-2-1-3-7-15)14-18(22)9-4-5-10-18/h1-3,6-8,11,22H,4-5,9-10,12-14H2. The van der Waals surface area contributed by atoms with Gasteiger partial charge >= 0.3 is 0 Å². The van der Waals surface area contributed by atoms with Crippen molar-refractivity contribution in [1.82, 2.24) is 10.1 Å². The lowest BCUT2D eigenvalue weighted by Gasteiger charge is -2.31. The molecule has 0 radical (unpaired) electrons. The van der Waals surface area contributed by atoms with E-state index < -0.39 is 5.60 Å². The number of amides is 1. The van der Waals surface area contributed by atoms with Crippen molar-refractivity contribution in [2.75, 3.05) is 6.54 Å². The van der Waals surface area contributed by atoms with Crippen LogP contribution in [0, 0.1) is 0 Å². The molecular weight excluding hydrogens is 292 g/mol. The van der Waals surface area contributed by atoms with Crippen LogP contribution in [-0.2, 0) is 17.8 Å². The van der Waals surface area contributed by atoms with Crippen LogP contribution in [0.4, 0.5) is 0 Å². The molecule has 0 unspecified atom stereocenters. The summed E-state index contributed by atoms with van der Waals surface area (Å²) in [5.41, 5.74) is 0.919. The number of carbonyl (C=O) groups is 1. The summed E-state index contributed by atoms with van der Waals surface area (Å²) in [6.45, 7) is 0.873. The van der Waals surface area contributed by atoms with E-state index in [1.165, 1.54) is 6.26 Å². The zero-order valence-corrected chi connectivity index (χ0v) is 13.1. The van der Waals surface area contributed by atoms with Gasteiger partial charge in [0.05, 0.1) is 17.7 Å². The molecule has 1 aliphatic carbocycles. The molecule has 5 heteroatoms. The Balaban J connectivity index is 1.73. The van der Waals surface area contributed by atoms with Gasteiger partial charge in [0.25, 0.3) is 0 Å². The van der Waals surface area contributed by atoms with E-state index in [9.17, 15) is 9.90 Å². The molecule has 1 amide bonds. The summed E-state index contributed by atoms with van der Waals surface area (Å²) in [5, 5.41) is 14.5. The van der Waals surface area contributed by atoms with Crippen molar-refractivity contribution < 1.29 is 14.4 Å². The summed E-state index contributed by atoms with van der Waals surface area (Å²) < 4.78 is 4.80. The van der Waals surface area contributed by atoms with Gasteiger partial charge in [0, 0.05) is 19.2 Å². The molecule has 1 N–H and O–H groups in total. The lowest BCUT2D eigenvalue weighted by molar-refractivity contribution is -0.135. The van der Waals surface area contributed by atoms with E-state index in [1.54, 1.807) is 11.0 Å². The summed E-state index contributed by atoms with van der Waals surface area (Å²) in [5.74, 6) is -0.0388. The van der Waals surface area contributed by atoms with Crippen LogP contribution in [0.3, 0.4) is 0 Å². The summed E-state index contributed by atoms with van der Waals surface area (Å²) in [6, 6.07) is 11.6. The van der Waals surface area contributed by atoms with Crippen molar-refractivity contribution in [2.24, 2.45) is 0 Å². The van der Waals surface area contributed by atoms with Crippen LogP contribution >= 0.6 is 0 Å². The van der Waals surface area contributed by atoms with Gasteiger partial charge in [-0.25, -0.2) is 0 Å². The maximum absolute atomic E-state index is 12.7. The highest BCUT2D eigenvalue weighted by molar-refractivity contribution is 5.78. The molecule has 0 bridgehead atoms. The van der Waals surface area contributed by atoms with Crippen molar-refractivity contribution in [3.8, 4) is 0 Å². The highest BCUT2D eigenvalue weighted by Crippen LogP contribution is 2.30. The molecule has 1 aromatic heterocycles. The van der Waals surface area contributed by atoms with Gasteiger partial charge in [-0.05, 0) is 18.4 Å². The Bertz CT molecular complexity index is 619. The van der Waals surface area contributed by atoms with Gasteiger partial charge in [-0.1, -0.05) is 48.3 Å². The first-order valence-corrected chi connectivity index (χ1v) is 8.08. The lowest BCUT2D eigenvalue weighted by atomic mass is 10.0. The predicted octanol–water partition coefficient (Wildman–Crippen LogP) is 2.55. The second-order valence-corrected chi connectivity index (χ2v) is 6.33. The molecular formula is C18H22N2O3. The van der Waals surface area contributed by atoms with Crippen LogP contribution in [0.2, 0.25) is 0 Å². The summed E-state index contributed by atoms with van der Waals surface area (Å²) in [4.78, 5) is 14.4. The number of aromatic nitrogens is 1. The van der Waals surface area contributed by atoms with Crippen molar-refractivity contribution >= 4 is 5.91 Å². The number of hydrogen-bond acceptors (Lipinski definition) is 4. The molecule has 5 nitrogen and oxygen atoms in total. The van der Waals surface area contributed by atoms with Gasteiger partial charge in [-0.3, -0.25) is 4.79 Å². The molecule has 1 aliphatic rings. The normalized spacial score (nSPS) is 16.4. The van der Waals surface area contributed by atoms with Crippen LogP contribution in [0.5, 0.6) is 0 Å². The van der Waals surface area contributed by atoms with E-state index in [-0.39, 0.29) is 12.3 Å². The molecule has 1 aromatic carbocycles. The van der Waals surface area contributed by atoms with Crippen LogP contribution in [0.15, 0.2) is 47.2 Å². The fourth-order valence-corrected chi connectivity index (χ4v) is 3.18. The van der Waals surface area contributed by atoms with Gasteiger partial charge < -0.3 is 14.5 Å². The summed E-state index contributed by atoms with van der Waals surface area (Å²) in [6.07, 6.45) is 5.22. The number of rotatable bonds is 6. The van der Waals surface area contributed by atoms with Gasteiger partial charge in [0.1, 0.15) is 6.26 Å². The topological polar surface area (TPSA) is 66.6 Å². The second-order valence-electron chi connectivity index (χ2n) is 6.33. The fourth-order valence-electron chi connectivity index (χ4n) is 3.18. The molecule has 23 heavy (non-hydrogen) atoms. The lowest BCUT2D eigenvalue weighted by Crippen LogP contribution is -2.44. The predicted molar refractivity (Wildman–Crippen MR) is 85.5 cm³/mol. The zero-order chi connectivity index (χ0) is 16.1. The molecule has 1 heterocycles. The molecule has 1 saturated carbocycles. The summed E-state index contributed by atoms with van der Waals surface area (Å²) in [7, 11) is 0. The summed E-state index contributed by atoms with van der Waals surface area (Å²) >= 11 is 0. The first-order chi connectivity index (χ1) is 11.1. The Labute approximate surface area is 135 Å². The Kier molecular flexibility index (Phi) is 4.76. The van der Waals surface area contributed by atoms with E-state index in [0.29, 0.717) is 18.8 Å². The highest BCUT2D eigenvalue weighted by atomic mass is 16.5. The Morgan fingerprint density at radius 2 is 1.96 bits per heavy atom. The van der Waals surface area contributed by atoms with E-state index >= 15 is 0 Å². The largest absolute Gasteiger partial charge is 0.388 e. The molecule has 0 atom stereocenters. The van der Waals surface area contributed by atoms with Crippen molar-refractivity contribution in [2.45, 2.75) is 44.2 Å². The number of carbonyl (C=O) groups excluding carboxylic acids is 1. The molecule has 0 spiro atoms. The fraction of sp³-hybridized carbons (Fsp3) is 0.444. The van der Waals surface area contributed by atoms with E-state index in [2.05, 4.69) is 5.16 Å². The monoisotopic (exact) mass is 314 g/mol. The van der Waals surface area contributed by atoms with Gasteiger partial charge in [-0.15, -0.1) is 0 Å². The molecule has 3 rings (SSSR count). The first kappa shape index (κ1) is 15.7. The van der Waals surface area contributed by atoms with Crippen molar-refractivity contribution in [3.63, 3.8) is 0 Å². The van der Waals surface area contributed by atoms with Gasteiger partial charge in [0.2, 0.25) is 5.91 Å². The SMILES string of the molecule is O=C(Cc1ccon1)N(Cc1ccccc1)CC1(O)CCCC1. The van der Waals surface area contributed by atoms with Crippen LogP contribution in [0.25, 0.3) is 0 Å². The van der Waals surface area contributed by atoms with Crippen LogP contribution in [-0.4, -0.2) is 33.2 Å². The number of aliphatic hydroxyl groups is 1. The number of benzene rings is 1. The molecule has 0 aliphatic heterocycles. The van der Waals surface area contributed by atoms with Crippen molar-refractivity contribution in [1.29, 1.82) is 0 Å². The average molecular weight is 314 g/mol. The molecule has 2 aromatic rings. The van der Waals surface area contributed by atoms with Crippen molar-refractivity contribution in [3.05, 3.63) is 53.9 Å². The maximum atomic E-state index is 12.7. The van der Waals surface area contributed by atoms with Crippen LogP contribution < -0.4 is 0 Å². The van der Waals surface area contributed by atoms with Gasteiger partial charge in [-0.2, -0.15) is 0 Å². The van der Waals surface area contributed by atoms with E-state index in [4.69, 9.17) is 4.52 Å². The van der Waals surface area contributed by atoms with Gasteiger partial charge in [0.15, 0.2) is 0 Å². The Hall–Kier alpha value is -2.14. The Morgan fingerprint density at radius 3 is 2.61 bits per heavy atom. The number of nitrogens with zero attached hydrogens (tertiary/aromatic N) is 2. The highest BCUT2D eigenvalue weighted by Gasteiger charge is 2.34. The number of hydrogen-bond donors (Lipinski definition) is 1. The Morgan fingerprint density at radius 1 is 1.22 bits per heavy atom. The smallest absolute Gasteiger partial charge is 0.229 e. The third-order valence-electron chi connectivity index (χ3n) is 4.41. The van der Waals surface area contributed by atoms with E-state index in [0.717, 1.165) is 31.2 Å². The molecule has 122 valence electrons. The molecule has 1 fully saturated rings. The quantitative estimate of drug-likeness (QED) is 0.890. The third kappa shape index (κ3) is 4.20.